The summed E-state index contributed by atoms with van der Waals surface area (Å²) in [5, 5.41) is 5.30. The van der Waals surface area contributed by atoms with E-state index in [-0.39, 0.29) is 33.8 Å². The molecule has 1 fully saturated rings. The van der Waals surface area contributed by atoms with Crippen LogP contribution in [0.2, 0.25) is 4.34 Å². The first-order valence-electron chi connectivity index (χ1n) is 18.9. The lowest BCUT2D eigenvalue weighted by Crippen LogP contribution is -2.63. The van der Waals surface area contributed by atoms with Crippen molar-refractivity contribution in [2.45, 2.75) is 43.9 Å². The van der Waals surface area contributed by atoms with E-state index in [4.69, 9.17) is 21.2 Å². The largest absolute Gasteiger partial charge is 0.448 e. The summed E-state index contributed by atoms with van der Waals surface area (Å²) in [6.07, 6.45) is 0.0321. The van der Waals surface area contributed by atoms with Gasteiger partial charge in [-0.2, -0.15) is 0 Å². The number of hydrogen-bond acceptors (Lipinski definition) is 9. The van der Waals surface area contributed by atoms with Crippen LogP contribution in [0, 0.1) is 12.8 Å². The third kappa shape index (κ3) is 7.51. The van der Waals surface area contributed by atoms with Gasteiger partial charge in [0, 0.05) is 34.1 Å². The van der Waals surface area contributed by atoms with E-state index in [2.05, 4.69) is 22.8 Å². The van der Waals surface area contributed by atoms with Gasteiger partial charge in [-0.15, -0.1) is 24.0 Å². The van der Waals surface area contributed by atoms with Gasteiger partial charge in [-0.3, -0.25) is 9.59 Å². The van der Waals surface area contributed by atoms with E-state index < -0.39 is 35.4 Å². The number of carbonyl (C=O) groups is 3. The number of hydrogen-bond donors (Lipinski definition) is 1. The lowest BCUT2D eigenvalue weighted by atomic mass is 9.77. The Bertz CT molecular complexity index is 2360. The molecule has 290 valence electrons. The van der Waals surface area contributed by atoms with Crippen molar-refractivity contribution in [3.63, 3.8) is 0 Å². The number of β-lactam (4-membered cyclic amide) rings is 1. The van der Waals surface area contributed by atoms with Crippen LogP contribution in [0.15, 0.2) is 167 Å². The molecule has 1 unspecified atom stereocenters. The molecule has 8 nitrogen and oxygen atoms in total. The lowest BCUT2D eigenvalue weighted by Gasteiger charge is -2.50. The van der Waals surface area contributed by atoms with Gasteiger partial charge in [-0.25, -0.2) is 9.78 Å². The molecule has 0 aliphatic carbocycles. The maximum atomic E-state index is 14.6. The minimum Gasteiger partial charge on any atom is -0.448 e. The number of aromatic nitrogens is 1. The van der Waals surface area contributed by atoms with Gasteiger partial charge in [0.25, 0.3) is 0 Å². The number of ketones is 1. The first-order valence-corrected chi connectivity index (χ1v) is 20.6. The molecule has 0 N–H and O–H groups in total. The van der Waals surface area contributed by atoms with Gasteiger partial charge in [0.05, 0.1) is 10.9 Å². The van der Waals surface area contributed by atoms with Gasteiger partial charge >= 0.3 is 5.97 Å². The van der Waals surface area contributed by atoms with Crippen molar-refractivity contribution in [2.75, 3.05) is 0 Å². The Balaban J connectivity index is 1.11. The molecule has 1 saturated heterocycles. The molecule has 0 spiro atoms. The van der Waals surface area contributed by atoms with Gasteiger partial charge in [-0.05, 0) is 30.9 Å². The third-order valence-corrected chi connectivity index (χ3v) is 12.2. The molecule has 1 amide bonds. The number of rotatable bonds is 13. The van der Waals surface area contributed by atoms with E-state index in [0.717, 1.165) is 27.8 Å². The Hall–Kier alpha value is -5.81. The number of halogens is 1. The average Bonchev–Trinajstić information content (AvgIpc) is 3.61. The topological polar surface area (TPSA) is 98.2 Å². The summed E-state index contributed by atoms with van der Waals surface area (Å²) in [7, 11) is 0. The maximum Gasteiger partial charge on any atom is 0.356 e. The van der Waals surface area contributed by atoms with Crippen LogP contribution in [0.3, 0.4) is 0 Å². The Morgan fingerprint density at radius 1 is 0.828 bits per heavy atom. The number of nitrogens with zero attached hydrogens (tertiary/aromatic N) is 3. The van der Waals surface area contributed by atoms with Crippen molar-refractivity contribution in [3.05, 3.63) is 205 Å². The van der Waals surface area contributed by atoms with E-state index in [0.29, 0.717) is 22.8 Å². The number of carbonyl (C=O) groups excluding carboxylic acids is 3. The monoisotopic (exact) mass is 823 g/mol. The number of aryl methyl sites for hydroxylation is 1. The first kappa shape index (κ1) is 39.0. The molecule has 2 aliphatic heterocycles. The van der Waals surface area contributed by atoms with Crippen molar-refractivity contribution in [3.8, 4) is 0 Å². The fraction of sp³-hybridized carbons (Fsp3) is 0.170. The van der Waals surface area contributed by atoms with Crippen LogP contribution in [-0.2, 0) is 29.6 Å². The number of Topliss-reactive ketones (excluding diaryl/α,β-unsaturated/α-hetero) is 1. The first-order chi connectivity index (χ1) is 28.3. The van der Waals surface area contributed by atoms with Crippen molar-refractivity contribution in [1.82, 2.24) is 9.88 Å². The smallest absolute Gasteiger partial charge is 0.356 e. The summed E-state index contributed by atoms with van der Waals surface area (Å²) in [4.78, 5) is 56.0. The minimum absolute atomic E-state index is 0.0952. The van der Waals surface area contributed by atoms with Crippen molar-refractivity contribution >= 4 is 58.9 Å². The highest BCUT2D eigenvalue weighted by atomic mass is 35.5. The van der Waals surface area contributed by atoms with Gasteiger partial charge in [0.15, 0.2) is 17.6 Å². The number of esters is 1. The highest BCUT2D eigenvalue weighted by Gasteiger charge is 2.54. The van der Waals surface area contributed by atoms with Gasteiger partial charge in [-0.1, -0.05) is 168 Å². The Morgan fingerprint density at radius 3 is 1.78 bits per heavy atom. The molecule has 8 rings (SSSR count). The highest BCUT2D eigenvalue weighted by molar-refractivity contribution is 7.84. The summed E-state index contributed by atoms with van der Waals surface area (Å²) in [5.74, 6) is -2.24. The molecular formula is C47H38ClN3O5S2. The number of fused-ring (bicyclic) bond motifs is 1. The fourth-order valence-corrected chi connectivity index (χ4v) is 9.23. The standard InChI is InChI=1S/C47H38ClN3O5S2/c1-30-49-41(44(48)58-30)40(50-56-47(33-21-11-4-12-22-33,34-23-13-5-14-24-34)35-25-15-6-16-26-35)38(52)29-36-37-27-28-39(57)42(51(37)45(36)53)46(54)55-43(31-17-7-2-8-18-31)32-19-9-3-10-20-32/h2-26,36-37,43,57H,27-29H2,1H3/b50-40-/t36-,37?/m0/s1. The van der Waals surface area contributed by atoms with E-state index in [1.165, 1.54) is 16.2 Å². The maximum absolute atomic E-state index is 14.6. The normalized spacial score (nSPS) is 16.8. The van der Waals surface area contributed by atoms with E-state index >= 15 is 0 Å². The Morgan fingerprint density at radius 2 is 1.31 bits per heavy atom. The summed E-state index contributed by atoms with van der Waals surface area (Å²) in [6.45, 7) is 1.79. The summed E-state index contributed by atoms with van der Waals surface area (Å²) in [5.41, 5.74) is 2.83. The number of benzene rings is 5. The van der Waals surface area contributed by atoms with Crippen LogP contribution in [0.4, 0.5) is 0 Å². The van der Waals surface area contributed by atoms with Crippen molar-refractivity contribution in [2.24, 2.45) is 11.1 Å². The van der Waals surface area contributed by atoms with E-state index in [1.807, 2.05) is 152 Å². The summed E-state index contributed by atoms with van der Waals surface area (Å²) >= 11 is 12.6. The van der Waals surface area contributed by atoms with E-state index in [9.17, 15) is 14.4 Å². The SMILES string of the molecule is Cc1nc(/C(=N\OC(c2ccccc2)(c2ccccc2)c2ccccc2)C(=O)C[C@@H]2C(=O)N3C(C(=O)OC(c4ccccc4)c4ccccc4)=C(S)CCC23)c(Cl)s1. The zero-order chi connectivity index (χ0) is 40.2. The molecular weight excluding hydrogens is 786 g/mol. The van der Waals surface area contributed by atoms with Gasteiger partial charge < -0.3 is 14.5 Å². The molecule has 2 aliphatic rings. The Labute approximate surface area is 351 Å². The second-order valence-corrected chi connectivity index (χ2v) is 16.5. The fourth-order valence-electron chi connectivity index (χ4n) is 7.80. The molecule has 0 saturated carbocycles. The molecule has 2 atom stereocenters. The van der Waals surface area contributed by atoms with Crippen LogP contribution in [-0.4, -0.2) is 39.3 Å². The van der Waals surface area contributed by atoms with Gasteiger partial charge in [0.2, 0.25) is 11.5 Å². The predicted molar refractivity (Wildman–Crippen MR) is 229 cm³/mol. The number of oxime groups is 1. The molecule has 11 heteroatoms. The quantitative estimate of drug-likeness (QED) is 0.0311. The van der Waals surface area contributed by atoms with Crippen molar-refractivity contribution < 1.29 is 24.0 Å². The molecule has 0 radical (unpaired) electrons. The van der Waals surface area contributed by atoms with Crippen LogP contribution >= 0.6 is 35.6 Å². The second-order valence-electron chi connectivity index (χ2n) is 14.1. The zero-order valence-corrected chi connectivity index (χ0v) is 33.9. The van der Waals surface area contributed by atoms with Crippen LogP contribution < -0.4 is 0 Å². The molecule has 0 bridgehead atoms. The number of thiazole rings is 1. The molecule has 58 heavy (non-hydrogen) atoms. The van der Waals surface area contributed by atoms with Gasteiger partial charge in [0.1, 0.15) is 15.7 Å². The van der Waals surface area contributed by atoms with Crippen molar-refractivity contribution in [1.29, 1.82) is 0 Å². The number of allylic oxidation sites excluding steroid dienone is 1. The number of thiol groups is 1. The predicted octanol–water partition coefficient (Wildman–Crippen LogP) is 9.87. The van der Waals surface area contributed by atoms with Crippen LogP contribution in [0.5, 0.6) is 0 Å². The molecule has 1 aromatic heterocycles. The lowest BCUT2D eigenvalue weighted by molar-refractivity contribution is -0.162. The van der Waals surface area contributed by atoms with E-state index in [1.54, 1.807) is 6.92 Å². The Kier molecular flexibility index (Phi) is 11.4. The zero-order valence-electron chi connectivity index (χ0n) is 31.4. The molecule has 5 aromatic carbocycles. The van der Waals surface area contributed by atoms with Crippen LogP contribution in [0.1, 0.15) is 63.9 Å². The number of amides is 1. The molecule has 3 heterocycles. The van der Waals surface area contributed by atoms with Crippen LogP contribution in [0.25, 0.3) is 0 Å². The third-order valence-electron chi connectivity index (χ3n) is 10.6. The number of ether oxygens (including phenoxy) is 1. The highest BCUT2D eigenvalue weighted by Crippen LogP contribution is 2.45. The summed E-state index contributed by atoms with van der Waals surface area (Å²) in [6, 6.07) is 47.5. The molecule has 6 aromatic rings. The minimum atomic E-state index is -1.28. The average molecular weight is 824 g/mol. The second kappa shape index (κ2) is 17.0. The summed E-state index contributed by atoms with van der Waals surface area (Å²) < 4.78 is 6.44.